The summed E-state index contributed by atoms with van der Waals surface area (Å²) in [6.07, 6.45) is 2.86. The van der Waals surface area contributed by atoms with E-state index in [1.165, 1.54) is 6.08 Å². The second kappa shape index (κ2) is 3.59. The van der Waals surface area contributed by atoms with Crippen molar-refractivity contribution in [2.75, 3.05) is 0 Å². The van der Waals surface area contributed by atoms with E-state index in [2.05, 4.69) is 0 Å². The van der Waals surface area contributed by atoms with Crippen LogP contribution in [0.15, 0.2) is 22.6 Å². The van der Waals surface area contributed by atoms with E-state index in [1.807, 2.05) is 6.07 Å². The van der Waals surface area contributed by atoms with Gasteiger partial charge in [0.15, 0.2) is 0 Å². The van der Waals surface area contributed by atoms with Gasteiger partial charge in [0.2, 0.25) is 0 Å². The normalized spacial score (nSPS) is 10.2. The third-order valence-corrected chi connectivity index (χ3v) is 1.16. The van der Waals surface area contributed by atoms with Gasteiger partial charge in [-0.3, -0.25) is 0 Å². The van der Waals surface area contributed by atoms with Crippen LogP contribution in [0.2, 0.25) is 0 Å². The SMILES string of the molecule is N#CC=Cc1ccc(CO)o1. The summed E-state index contributed by atoms with van der Waals surface area (Å²) in [5.41, 5.74) is 0. The molecule has 0 bridgehead atoms. The maximum atomic E-state index is 8.59. The molecule has 0 spiro atoms. The summed E-state index contributed by atoms with van der Waals surface area (Å²) in [5.74, 6) is 1.08. The van der Waals surface area contributed by atoms with Gasteiger partial charge >= 0.3 is 0 Å². The van der Waals surface area contributed by atoms with E-state index in [4.69, 9.17) is 14.8 Å². The number of hydrogen-bond donors (Lipinski definition) is 1. The molecule has 3 nitrogen and oxygen atoms in total. The lowest BCUT2D eigenvalue weighted by molar-refractivity contribution is 0.246. The van der Waals surface area contributed by atoms with Crippen molar-refractivity contribution in [3.8, 4) is 6.07 Å². The molecule has 0 radical (unpaired) electrons. The van der Waals surface area contributed by atoms with Gasteiger partial charge in [0, 0.05) is 6.08 Å². The zero-order valence-electron chi connectivity index (χ0n) is 5.82. The van der Waals surface area contributed by atoms with Crippen LogP contribution in [0.3, 0.4) is 0 Å². The van der Waals surface area contributed by atoms with Crippen molar-refractivity contribution in [2.24, 2.45) is 0 Å². The fraction of sp³-hybridized carbons (Fsp3) is 0.125. The minimum atomic E-state index is -0.111. The number of aliphatic hydroxyl groups is 1. The minimum Gasteiger partial charge on any atom is -0.459 e. The van der Waals surface area contributed by atoms with Crippen LogP contribution in [0.1, 0.15) is 11.5 Å². The first-order valence-electron chi connectivity index (χ1n) is 3.12. The topological polar surface area (TPSA) is 57.2 Å². The molecule has 1 aromatic heterocycles. The van der Waals surface area contributed by atoms with Gasteiger partial charge < -0.3 is 9.52 Å². The Bertz CT molecular complexity index is 293. The van der Waals surface area contributed by atoms with Gasteiger partial charge in [-0.15, -0.1) is 0 Å². The molecular weight excluding hydrogens is 142 g/mol. The maximum Gasteiger partial charge on any atom is 0.130 e. The van der Waals surface area contributed by atoms with Gasteiger partial charge in [0.1, 0.15) is 18.1 Å². The Morgan fingerprint density at radius 3 is 3.00 bits per heavy atom. The highest BCUT2D eigenvalue weighted by Crippen LogP contribution is 2.08. The van der Waals surface area contributed by atoms with Crippen LogP contribution in [0.4, 0.5) is 0 Å². The van der Waals surface area contributed by atoms with Crippen molar-refractivity contribution < 1.29 is 9.52 Å². The number of aliphatic hydroxyl groups excluding tert-OH is 1. The Morgan fingerprint density at radius 2 is 2.45 bits per heavy atom. The van der Waals surface area contributed by atoms with Gasteiger partial charge in [0.25, 0.3) is 0 Å². The number of nitriles is 1. The van der Waals surface area contributed by atoms with Crippen molar-refractivity contribution in [3.63, 3.8) is 0 Å². The standard InChI is InChI=1S/C8H7NO2/c9-5-1-2-7-3-4-8(6-10)11-7/h1-4,10H,6H2. The monoisotopic (exact) mass is 149 g/mol. The maximum absolute atomic E-state index is 8.59. The average molecular weight is 149 g/mol. The molecule has 1 N–H and O–H groups in total. The fourth-order valence-electron chi connectivity index (χ4n) is 0.688. The zero-order chi connectivity index (χ0) is 8.10. The second-order valence-electron chi connectivity index (χ2n) is 1.92. The third kappa shape index (κ3) is 1.95. The lowest BCUT2D eigenvalue weighted by Gasteiger charge is -1.84. The Balaban J connectivity index is 2.74. The van der Waals surface area contributed by atoms with Crippen molar-refractivity contribution in [1.29, 1.82) is 5.26 Å². The highest BCUT2D eigenvalue weighted by molar-refractivity contribution is 5.46. The van der Waals surface area contributed by atoms with E-state index in [9.17, 15) is 0 Å². The van der Waals surface area contributed by atoms with E-state index in [-0.39, 0.29) is 6.61 Å². The Morgan fingerprint density at radius 1 is 1.64 bits per heavy atom. The Hall–Kier alpha value is -1.53. The molecule has 0 aromatic carbocycles. The first-order valence-corrected chi connectivity index (χ1v) is 3.12. The van der Waals surface area contributed by atoms with Crippen LogP contribution in [-0.2, 0) is 6.61 Å². The number of nitrogens with zero attached hydrogens (tertiary/aromatic N) is 1. The Kier molecular flexibility index (Phi) is 2.47. The predicted molar refractivity (Wildman–Crippen MR) is 39.3 cm³/mol. The molecule has 0 aliphatic heterocycles. The van der Waals surface area contributed by atoms with Gasteiger partial charge in [-0.1, -0.05) is 0 Å². The molecule has 1 aromatic rings. The van der Waals surface area contributed by atoms with Crippen LogP contribution in [0.25, 0.3) is 6.08 Å². The number of furan rings is 1. The van der Waals surface area contributed by atoms with Crippen LogP contribution in [0, 0.1) is 11.3 Å². The molecule has 11 heavy (non-hydrogen) atoms. The molecule has 0 aliphatic carbocycles. The quantitative estimate of drug-likeness (QED) is 0.645. The number of rotatable bonds is 2. The molecule has 0 unspecified atom stereocenters. The van der Waals surface area contributed by atoms with E-state index in [0.717, 1.165) is 0 Å². The summed E-state index contributed by atoms with van der Waals surface area (Å²) in [6.45, 7) is -0.111. The minimum absolute atomic E-state index is 0.111. The van der Waals surface area contributed by atoms with Gasteiger partial charge in [0.05, 0.1) is 6.07 Å². The van der Waals surface area contributed by atoms with E-state index in [1.54, 1.807) is 18.2 Å². The Labute approximate surface area is 64.2 Å². The summed E-state index contributed by atoms with van der Waals surface area (Å²) in [5, 5.41) is 16.8. The first-order chi connectivity index (χ1) is 5.36. The average Bonchev–Trinajstić information content (AvgIpc) is 2.48. The molecule has 1 heterocycles. The summed E-state index contributed by atoms with van der Waals surface area (Å²) < 4.78 is 5.05. The van der Waals surface area contributed by atoms with Crippen molar-refractivity contribution in [2.45, 2.75) is 6.61 Å². The second-order valence-corrected chi connectivity index (χ2v) is 1.92. The van der Waals surface area contributed by atoms with Crippen molar-refractivity contribution >= 4 is 6.08 Å². The molecule has 0 atom stereocenters. The molecular formula is C8H7NO2. The number of allylic oxidation sites excluding steroid dienone is 1. The van der Waals surface area contributed by atoms with E-state index >= 15 is 0 Å². The third-order valence-electron chi connectivity index (χ3n) is 1.16. The van der Waals surface area contributed by atoms with E-state index in [0.29, 0.717) is 11.5 Å². The van der Waals surface area contributed by atoms with Crippen LogP contribution >= 0.6 is 0 Å². The number of hydrogen-bond acceptors (Lipinski definition) is 3. The molecule has 3 heteroatoms. The van der Waals surface area contributed by atoms with Crippen molar-refractivity contribution in [3.05, 3.63) is 29.7 Å². The lowest BCUT2D eigenvalue weighted by Crippen LogP contribution is -1.73. The fourth-order valence-corrected chi connectivity index (χ4v) is 0.688. The highest BCUT2D eigenvalue weighted by atomic mass is 16.4. The summed E-state index contributed by atoms with van der Waals surface area (Å²) in [4.78, 5) is 0. The molecule has 0 saturated heterocycles. The van der Waals surface area contributed by atoms with Gasteiger partial charge in [-0.2, -0.15) is 5.26 Å². The van der Waals surface area contributed by atoms with Crippen LogP contribution in [0.5, 0.6) is 0 Å². The molecule has 1 rings (SSSR count). The molecule has 0 aliphatic rings. The molecule has 0 fully saturated rings. The van der Waals surface area contributed by atoms with Crippen LogP contribution in [-0.4, -0.2) is 5.11 Å². The molecule has 0 amide bonds. The molecule has 56 valence electrons. The van der Waals surface area contributed by atoms with Crippen LogP contribution < -0.4 is 0 Å². The summed E-state index contributed by atoms with van der Waals surface area (Å²) in [7, 11) is 0. The molecule has 0 saturated carbocycles. The summed E-state index contributed by atoms with van der Waals surface area (Å²) >= 11 is 0. The summed E-state index contributed by atoms with van der Waals surface area (Å²) in [6, 6.07) is 5.20. The van der Waals surface area contributed by atoms with Gasteiger partial charge in [-0.05, 0) is 18.2 Å². The van der Waals surface area contributed by atoms with Gasteiger partial charge in [-0.25, -0.2) is 0 Å². The highest BCUT2D eigenvalue weighted by Gasteiger charge is 1.95. The van der Waals surface area contributed by atoms with E-state index < -0.39 is 0 Å². The lowest BCUT2D eigenvalue weighted by atomic mass is 10.4. The predicted octanol–water partition coefficient (Wildman–Crippen LogP) is 1.31. The smallest absolute Gasteiger partial charge is 0.130 e. The first kappa shape index (κ1) is 7.58. The van der Waals surface area contributed by atoms with Crippen molar-refractivity contribution in [1.82, 2.24) is 0 Å². The zero-order valence-corrected chi connectivity index (χ0v) is 5.82. The largest absolute Gasteiger partial charge is 0.459 e.